The molecule has 38 heavy (non-hydrogen) atoms. The van der Waals surface area contributed by atoms with Crippen LogP contribution in [0.2, 0.25) is 25.7 Å². The first kappa shape index (κ1) is 27.0. The van der Waals surface area contributed by atoms with Crippen LogP contribution in [0, 0.1) is 0 Å². The van der Waals surface area contributed by atoms with Crippen molar-refractivity contribution in [1.29, 1.82) is 0 Å². The number of carbonyl (C=O) groups is 2. The molecule has 4 aromatic rings. The number of fused-ring (bicyclic) bond motifs is 1. The Bertz CT molecular complexity index is 1340. The maximum Gasteiger partial charge on any atom is 0.314 e. The van der Waals surface area contributed by atoms with Crippen LogP contribution in [0.3, 0.4) is 0 Å². The summed E-state index contributed by atoms with van der Waals surface area (Å²) in [6.45, 7) is 8.26. The van der Waals surface area contributed by atoms with Gasteiger partial charge in [-0.2, -0.15) is 5.10 Å². The van der Waals surface area contributed by atoms with E-state index in [0.717, 1.165) is 17.2 Å². The lowest BCUT2D eigenvalue weighted by molar-refractivity contribution is -0.144. The van der Waals surface area contributed by atoms with Gasteiger partial charge in [0.05, 0.1) is 29.0 Å². The average Bonchev–Trinajstić information content (AvgIpc) is 3.33. The maximum absolute atomic E-state index is 13.4. The standard InChI is InChI=1S/C28H34N6O3Si/c1-38(2,3)15-14-37-20-34-25-23(16-31-34)26(29)30-17-24(25)32-27(35)28(36)33(18-21-10-6-4-7-11-21)19-22-12-8-5-9-13-22/h4-13,16-17H,14-15,18-20H2,1-3H3,(H2,29,30)(H,32,35). The number of nitrogens with one attached hydrogen (secondary N) is 1. The summed E-state index contributed by atoms with van der Waals surface area (Å²) < 4.78 is 7.49. The van der Waals surface area contributed by atoms with Gasteiger partial charge in [0.15, 0.2) is 0 Å². The van der Waals surface area contributed by atoms with E-state index in [1.54, 1.807) is 10.9 Å². The van der Waals surface area contributed by atoms with E-state index in [-0.39, 0.29) is 12.5 Å². The number of hydrogen-bond donors (Lipinski definition) is 2. The number of amides is 2. The number of carbonyl (C=O) groups excluding carboxylic acids is 2. The molecule has 0 spiro atoms. The van der Waals surface area contributed by atoms with Crippen LogP contribution in [0.5, 0.6) is 0 Å². The van der Waals surface area contributed by atoms with E-state index in [0.29, 0.717) is 36.3 Å². The molecule has 0 aliphatic rings. The molecule has 0 aliphatic heterocycles. The number of aromatic nitrogens is 3. The maximum atomic E-state index is 13.4. The van der Waals surface area contributed by atoms with Crippen LogP contribution in [-0.2, 0) is 34.1 Å². The van der Waals surface area contributed by atoms with E-state index in [2.05, 4.69) is 35.0 Å². The number of rotatable bonds is 10. The zero-order valence-corrected chi connectivity index (χ0v) is 23.1. The highest BCUT2D eigenvalue weighted by Crippen LogP contribution is 2.27. The van der Waals surface area contributed by atoms with E-state index in [9.17, 15) is 9.59 Å². The monoisotopic (exact) mass is 530 g/mol. The van der Waals surface area contributed by atoms with Crippen LogP contribution in [0.4, 0.5) is 11.5 Å². The summed E-state index contributed by atoms with van der Waals surface area (Å²) in [6, 6.07) is 20.2. The number of nitrogens with two attached hydrogens (primary N) is 1. The second-order valence-corrected chi connectivity index (χ2v) is 16.0. The van der Waals surface area contributed by atoms with E-state index < -0.39 is 19.9 Å². The highest BCUT2D eigenvalue weighted by Gasteiger charge is 2.24. The summed E-state index contributed by atoms with van der Waals surface area (Å²) in [5.74, 6) is -1.13. The lowest BCUT2D eigenvalue weighted by Gasteiger charge is -2.22. The molecule has 2 amide bonds. The molecule has 2 aromatic heterocycles. The Hall–Kier alpha value is -4.02. The number of ether oxygens (including phenoxy) is 1. The van der Waals surface area contributed by atoms with Gasteiger partial charge in [-0.3, -0.25) is 9.59 Å². The zero-order valence-electron chi connectivity index (χ0n) is 22.1. The number of hydrogen-bond acceptors (Lipinski definition) is 6. The van der Waals surface area contributed by atoms with Crippen LogP contribution in [0.1, 0.15) is 11.1 Å². The second kappa shape index (κ2) is 12.0. The van der Waals surface area contributed by atoms with Crippen molar-refractivity contribution in [1.82, 2.24) is 19.7 Å². The molecule has 198 valence electrons. The molecule has 4 rings (SSSR count). The Morgan fingerprint density at radius 1 is 0.974 bits per heavy atom. The predicted molar refractivity (Wildman–Crippen MR) is 152 cm³/mol. The fourth-order valence-corrected chi connectivity index (χ4v) is 4.72. The van der Waals surface area contributed by atoms with E-state index in [4.69, 9.17) is 10.5 Å². The van der Waals surface area contributed by atoms with Crippen molar-refractivity contribution in [2.45, 2.75) is 45.5 Å². The normalized spacial score (nSPS) is 11.4. The van der Waals surface area contributed by atoms with Crippen molar-refractivity contribution in [3.8, 4) is 0 Å². The van der Waals surface area contributed by atoms with Crippen molar-refractivity contribution in [3.63, 3.8) is 0 Å². The van der Waals surface area contributed by atoms with Crippen molar-refractivity contribution in [2.75, 3.05) is 17.7 Å². The SMILES string of the molecule is C[Si](C)(C)CCOCn1ncc2c(N)ncc(NC(=O)C(=O)N(Cc3ccccc3)Cc3ccccc3)c21. The molecule has 3 N–H and O–H groups in total. The first-order chi connectivity index (χ1) is 18.2. The molecular formula is C28H34N6O3Si. The summed E-state index contributed by atoms with van der Waals surface area (Å²) in [7, 11) is -1.24. The number of nitrogen functional groups attached to an aromatic ring is 1. The van der Waals surface area contributed by atoms with Crippen LogP contribution in [0.15, 0.2) is 73.1 Å². The van der Waals surface area contributed by atoms with Gasteiger partial charge in [0, 0.05) is 27.8 Å². The quantitative estimate of drug-likeness (QED) is 0.177. The Balaban J connectivity index is 1.54. The summed E-state index contributed by atoms with van der Waals surface area (Å²) >= 11 is 0. The van der Waals surface area contributed by atoms with Gasteiger partial charge >= 0.3 is 11.8 Å². The number of benzene rings is 2. The van der Waals surface area contributed by atoms with Crippen LogP contribution < -0.4 is 11.1 Å². The van der Waals surface area contributed by atoms with Crippen LogP contribution in [0.25, 0.3) is 10.9 Å². The van der Waals surface area contributed by atoms with E-state index in [1.165, 1.54) is 11.1 Å². The largest absolute Gasteiger partial charge is 0.383 e. The molecule has 0 aliphatic carbocycles. The van der Waals surface area contributed by atoms with Gasteiger partial charge in [0.1, 0.15) is 12.5 Å². The molecule has 9 nitrogen and oxygen atoms in total. The molecule has 0 unspecified atom stereocenters. The Morgan fingerprint density at radius 2 is 1.58 bits per heavy atom. The second-order valence-electron chi connectivity index (χ2n) is 10.4. The van der Waals surface area contributed by atoms with Crippen molar-refractivity contribution in [2.24, 2.45) is 0 Å². The molecule has 0 saturated carbocycles. The van der Waals surface area contributed by atoms with Gasteiger partial charge in [0.25, 0.3) is 0 Å². The van der Waals surface area contributed by atoms with Crippen LogP contribution >= 0.6 is 0 Å². The smallest absolute Gasteiger partial charge is 0.314 e. The molecule has 0 fully saturated rings. The minimum Gasteiger partial charge on any atom is -0.383 e. The van der Waals surface area contributed by atoms with Gasteiger partial charge in [-0.25, -0.2) is 9.67 Å². The molecule has 2 aromatic carbocycles. The van der Waals surface area contributed by atoms with Gasteiger partial charge < -0.3 is 20.7 Å². The molecule has 0 atom stereocenters. The third kappa shape index (κ3) is 7.05. The summed E-state index contributed by atoms with van der Waals surface area (Å²) in [5, 5.41) is 7.71. The Labute approximate surface area is 223 Å². The Kier molecular flexibility index (Phi) is 8.54. The summed E-state index contributed by atoms with van der Waals surface area (Å²) in [5.41, 5.74) is 8.83. The van der Waals surface area contributed by atoms with E-state index >= 15 is 0 Å². The van der Waals surface area contributed by atoms with Gasteiger partial charge in [-0.1, -0.05) is 80.3 Å². The summed E-state index contributed by atoms with van der Waals surface area (Å²) in [6.07, 6.45) is 3.04. The molecule has 0 bridgehead atoms. The lowest BCUT2D eigenvalue weighted by Crippen LogP contribution is -2.39. The lowest BCUT2D eigenvalue weighted by atomic mass is 10.1. The third-order valence-electron chi connectivity index (χ3n) is 6.08. The van der Waals surface area contributed by atoms with Gasteiger partial charge in [-0.15, -0.1) is 0 Å². The molecule has 0 radical (unpaired) electrons. The Morgan fingerprint density at radius 3 is 2.16 bits per heavy atom. The highest BCUT2D eigenvalue weighted by molar-refractivity contribution is 6.76. The van der Waals surface area contributed by atoms with Gasteiger partial charge in [-0.05, 0) is 17.2 Å². The van der Waals surface area contributed by atoms with Crippen LogP contribution in [-0.4, -0.2) is 46.2 Å². The predicted octanol–water partition coefficient (Wildman–Crippen LogP) is 4.49. The zero-order chi connectivity index (χ0) is 27.1. The van der Waals surface area contributed by atoms with Crippen molar-refractivity contribution < 1.29 is 14.3 Å². The molecule has 0 saturated heterocycles. The minimum atomic E-state index is -1.24. The number of nitrogens with zero attached hydrogens (tertiary/aromatic N) is 4. The highest BCUT2D eigenvalue weighted by atomic mass is 28.3. The van der Waals surface area contributed by atoms with Gasteiger partial charge in [0.2, 0.25) is 0 Å². The van der Waals surface area contributed by atoms with Crippen molar-refractivity contribution in [3.05, 3.63) is 84.2 Å². The van der Waals surface area contributed by atoms with E-state index in [1.807, 2.05) is 60.7 Å². The molecular weight excluding hydrogens is 496 g/mol. The molecule has 10 heteroatoms. The fraction of sp³-hybridized carbons (Fsp3) is 0.286. The topological polar surface area (TPSA) is 115 Å². The first-order valence-corrected chi connectivity index (χ1v) is 16.3. The molecule has 2 heterocycles. The van der Waals surface area contributed by atoms with Crippen molar-refractivity contribution >= 4 is 42.3 Å². The average molecular weight is 531 g/mol. The summed E-state index contributed by atoms with van der Waals surface area (Å²) in [4.78, 5) is 32.4. The first-order valence-electron chi connectivity index (χ1n) is 12.6. The number of anilines is 2. The third-order valence-corrected chi connectivity index (χ3v) is 7.78. The number of pyridine rings is 1. The minimum absolute atomic E-state index is 0.197. The fourth-order valence-electron chi connectivity index (χ4n) is 3.97.